The summed E-state index contributed by atoms with van der Waals surface area (Å²) in [4.78, 5) is 25.4. The van der Waals surface area contributed by atoms with Crippen LogP contribution in [-0.4, -0.2) is 44.7 Å². The highest BCUT2D eigenvalue weighted by molar-refractivity contribution is 5.81. The summed E-state index contributed by atoms with van der Waals surface area (Å²) in [5.41, 5.74) is 0.616. The quantitative estimate of drug-likeness (QED) is 0.860. The van der Waals surface area contributed by atoms with E-state index < -0.39 is 0 Å². The van der Waals surface area contributed by atoms with Crippen molar-refractivity contribution in [2.24, 2.45) is 0 Å². The molecule has 1 saturated heterocycles. The monoisotopic (exact) mass is 375 g/mol. The highest BCUT2D eigenvalue weighted by Crippen LogP contribution is 2.24. The fourth-order valence-corrected chi connectivity index (χ4v) is 3.36. The van der Waals surface area contributed by atoms with Crippen LogP contribution in [-0.2, 0) is 21.6 Å². The van der Waals surface area contributed by atoms with E-state index in [1.54, 1.807) is 10.9 Å². The lowest BCUT2D eigenvalue weighted by Crippen LogP contribution is -2.38. The van der Waals surface area contributed by atoms with E-state index in [2.05, 4.69) is 15.5 Å². The Hall–Kier alpha value is -2.22. The van der Waals surface area contributed by atoms with Gasteiger partial charge >= 0.3 is 0 Å². The summed E-state index contributed by atoms with van der Waals surface area (Å²) >= 11 is 0. The molecule has 1 fully saturated rings. The number of rotatable bonds is 5. The first-order valence-corrected chi connectivity index (χ1v) is 9.56. The summed E-state index contributed by atoms with van der Waals surface area (Å²) in [5.74, 6) is -0.136. The van der Waals surface area contributed by atoms with Crippen LogP contribution in [0.1, 0.15) is 59.1 Å². The molecule has 1 N–H and O–H groups in total. The summed E-state index contributed by atoms with van der Waals surface area (Å²) in [6.07, 6.45) is 3.74. The Bertz CT molecular complexity index is 885. The van der Waals surface area contributed by atoms with Crippen LogP contribution in [0.5, 0.6) is 0 Å². The normalized spacial score (nSPS) is 17.8. The molecule has 3 rings (SSSR count). The molecule has 0 bridgehead atoms. The minimum atomic E-state index is -0.351. The summed E-state index contributed by atoms with van der Waals surface area (Å²) < 4.78 is 8.50. The van der Waals surface area contributed by atoms with Crippen LogP contribution >= 0.6 is 0 Å². The standard InChI is InChI=1S/C19H29N5O3/c1-12(2)16-14-10-21-24(19(3,4)5)17(14)18(26)23(22-16)11-15(25)20-9-13-7-6-8-27-13/h10,12-13H,6-9,11H2,1-5H3,(H,20,25). The number of ether oxygens (including phenoxy) is 1. The third-order valence-corrected chi connectivity index (χ3v) is 4.74. The van der Waals surface area contributed by atoms with E-state index in [0.717, 1.165) is 30.5 Å². The number of aromatic nitrogens is 4. The second kappa shape index (κ2) is 7.42. The van der Waals surface area contributed by atoms with Crippen LogP contribution in [0, 0.1) is 0 Å². The van der Waals surface area contributed by atoms with Crippen LogP contribution in [0.25, 0.3) is 10.9 Å². The number of nitrogens with one attached hydrogen (secondary N) is 1. The third kappa shape index (κ3) is 4.05. The number of carbonyl (C=O) groups excluding carboxylic acids is 1. The van der Waals surface area contributed by atoms with Crippen molar-refractivity contribution in [3.63, 3.8) is 0 Å². The molecule has 2 aromatic heterocycles. The predicted octanol–water partition coefficient (Wildman–Crippen LogP) is 1.77. The number of amides is 1. The van der Waals surface area contributed by atoms with Gasteiger partial charge in [-0.1, -0.05) is 13.8 Å². The highest BCUT2D eigenvalue weighted by Gasteiger charge is 2.24. The average Bonchev–Trinajstić information content (AvgIpc) is 3.24. The lowest BCUT2D eigenvalue weighted by Gasteiger charge is -2.21. The van der Waals surface area contributed by atoms with Crippen molar-refractivity contribution >= 4 is 16.8 Å². The van der Waals surface area contributed by atoms with Crippen LogP contribution in [0.3, 0.4) is 0 Å². The maximum Gasteiger partial charge on any atom is 0.293 e. The number of carbonyl (C=O) groups is 1. The second-order valence-electron chi connectivity index (χ2n) is 8.43. The fourth-order valence-electron chi connectivity index (χ4n) is 3.36. The van der Waals surface area contributed by atoms with E-state index in [1.807, 2.05) is 34.6 Å². The Morgan fingerprint density at radius 2 is 2.15 bits per heavy atom. The largest absolute Gasteiger partial charge is 0.376 e. The van der Waals surface area contributed by atoms with Gasteiger partial charge in [0.25, 0.3) is 5.56 Å². The van der Waals surface area contributed by atoms with Crippen molar-refractivity contribution in [2.75, 3.05) is 13.2 Å². The molecule has 0 aromatic carbocycles. The maximum absolute atomic E-state index is 13.1. The van der Waals surface area contributed by atoms with Gasteiger partial charge in [-0.05, 0) is 39.5 Å². The van der Waals surface area contributed by atoms with Gasteiger partial charge in [0.05, 0.1) is 23.5 Å². The molecule has 1 atom stereocenters. The van der Waals surface area contributed by atoms with E-state index in [0.29, 0.717) is 12.1 Å². The zero-order chi connectivity index (χ0) is 19.8. The molecule has 0 radical (unpaired) electrons. The molecule has 3 heterocycles. The molecule has 1 aliphatic heterocycles. The summed E-state index contributed by atoms with van der Waals surface area (Å²) in [6.45, 7) is 11.1. The molecule has 0 spiro atoms. The Balaban J connectivity index is 1.93. The Kier molecular flexibility index (Phi) is 5.37. The first-order chi connectivity index (χ1) is 12.7. The first kappa shape index (κ1) is 19.5. The molecule has 148 valence electrons. The van der Waals surface area contributed by atoms with Crippen molar-refractivity contribution < 1.29 is 9.53 Å². The zero-order valence-corrected chi connectivity index (χ0v) is 16.8. The molecule has 8 nitrogen and oxygen atoms in total. The lowest BCUT2D eigenvalue weighted by molar-refractivity contribution is -0.122. The van der Waals surface area contributed by atoms with E-state index in [9.17, 15) is 9.59 Å². The first-order valence-electron chi connectivity index (χ1n) is 9.56. The number of hydrogen-bond acceptors (Lipinski definition) is 5. The molecule has 2 aromatic rings. The second-order valence-corrected chi connectivity index (χ2v) is 8.43. The Labute approximate surface area is 158 Å². The van der Waals surface area contributed by atoms with Gasteiger partial charge in [0.15, 0.2) is 0 Å². The minimum absolute atomic E-state index is 0.0645. The fraction of sp³-hybridized carbons (Fsp3) is 0.684. The molecule has 1 aliphatic rings. The van der Waals surface area contributed by atoms with Crippen LogP contribution in [0.15, 0.2) is 11.0 Å². The Morgan fingerprint density at radius 3 is 2.74 bits per heavy atom. The third-order valence-electron chi connectivity index (χ3n) is 4.74. The maximum atomic E-state index is 13.1. The van der Waals surface area contributed by atoms with Gasteiger partial charge in [-0.15, -0.1) is 0 Å². The Morgan fingerprint density at radius 1 is 1.41 bits per heavy atom. The van der Waals surface area contributed by atoms with Gasteiger partial charge in [0, 0.05) is 18.5 Å². The van der Waals surface area contributed by atoms with Crippen molar-refractivity contribution in [1.29, 1.82) is 0 Å². The minimum Gasteiger partial charge on any atom is -0.376 e. The van der Waals surface area contributed by atoms with Gasteiger partial charge in [-0.25, -0.2) is 4.68 Å². The average molecular weight is 375 g/mol. The lowest BCUT2D eigenvalue weighted by atomic mass is 10.1. The molecule has 1 unspecified atom stereocenters. The van der Waals surface area contributed by atoms with E-state index in [-0.39, 0.29) is 35.6 Å². The van der Waals surface area contributed by atoms with Gasteiger partial charge in [-0.2, -0.15) is 10.2 Å². The summed E-state index contributed by atoms with van der Waals surface area (Å²) in [5, 5.41) is 12.5. The van der Waals surface area contributed by atoms with Gasteiger partial charge in [0.1, 0.15) is 12.1 Å². The van der Waals surface area contributed by atoms with Crippen LogP contribution < -0.4 is 10.9 Å². The predicted molar refractivity (Wildman–Crippen MR) is 103 cm³/mol. The van der Waals surface area contributed by atoms with Gasteiger partial charge in [-0.3, -0.25) is 14.3 Å². The van der Waals surface area contributed by atoms with Gasteiger partial charge in [0.2, 0.25) is 5.91 Å². The van der Waals surface area contributed by atoms with Crippen LogP contribution in [0.2, 0.25) is 0 Å². The zero-order valence-electron chi connectivity index (χ0n) is 16.8. The van der Waals surface area contributed by atoms with Crippen molar-refractivity contribution in [3.8, 4) is 0 Å². The summed E-state index contributed by atoms with van der Waals surface area (Å²) in [7, 11) is 0. The van der Waals surface area contributed by atoms with Crippen LogP contribution in [0.4, 0.5) is 0 Å². The molecule has 1 amide bonds. The molecular formula is C19H29N5O3. The number of fused-ring (bicyclic) bond motifs is 1. The highest BCUT2D eigenvalue weighted by atomic mass is 16.5. The molecule has 8 heteroatoms. The molecule has 27 heavy (non-hydrogen) atoms. The van der Waals surface area contributed by atoms with E-state index in [4.69, 9.17) is 4.74 Å². The molecule has 0 aliphatic carbocycles. The smallest absolute Gasteiger partial charge is 0.293 e. The number of hydrogen-bond donors (Lipinski definition) is 1. The molecule has 0 saturated carbocycles. The van der Waals surface area contributed by atoms with E-state index >= 15 is 0 Å². The van der Waals surface area contributed by atoms with E-state index in [1.165, 1.54) is 4.68 Å². The van der Waals surface area contributed by atoms with Gasteiger partial charge < -0.3 is 10.1 Å². The van der Waals surface area contributed by atoms with Crippen molar-refractivity contribution in [2.45, 2.75) is 71.6 Å². The van der Waals surface area contributed by atoms with Crippen molar-refractivity contribution in [1.82, 2.24) is 24.9 Å². The SMILES string of the molecule is CC(C)c1nn(CC(=O)NCC2CCCO2)c(=O)c2c1cnn2C(C)(C)C. The molecular weight excluding hydrogens is 346 g/mol. The summed E-state index contributed by atoms with van der Waals surface area (Å²) in [6, 6.07) is 0. The van der Waals surface area contributed by atoms with Crippen molar-refractivity contribution in [3.05, 3.63) is 22.2 Å². The topological polar surface area (TPSA) is 91.0 Å². The number of nitrogens with zero attached hydrogens (tertiary/aromatic N) is 4.